The minimum absolute atomic E-state index is 0.631. The van der Waals surface area contributed by atoms with Crippen LogP contribution in [0.25, 0.3) is 0 Å². The molecule has 0 saturated heterocycles. The zero-order chi connectivity index (χ0) is 11.8. The topological polar surface area (TPSA) is 12.0 Å². The van der Waals surface area contributed by atoms with Crippen LogP contribution < -0.4 is 5.32 Å². The molecule has 0 amide bonds. The first-order valence-corrected chi connectivity index (χ1v) is 7.03. The molecule has 0 spiro atoms. The summed E-state index contributed by atoms with van der Waals surface area (Å²) in [4.78, 5) is 0. The smallest absolute Gasteiger partial charge is 0.0175 e. The molecule has 0 aromatic heterocycles. The van der Waals surface area contributed by atoms with Gasteiger partial charge in [-0.2, -0.15) is 0 Å². The fourth-order valence-corrected chi connectivity index (χ4v) is 2.18. The minimum Gasteiger partial charge on any atom is -0.314 e. The first kappa shape index (κ1) is 13.7. The van der Waals surface area contributed by atoms with Crippen LogP contribution in [0.15, 0.2) is 28.7 Å². The lowest BCUT2D eigenvalue weighted by Gasteiger charge is -2.17. The predicted octanol–water partition coefficient (Wildman–Crippen LogP) is 4.16. The second-order valence-corrected chi connectivity index (χ2v) is 5.14. The van der Waals surface area contributed by atoms with Gasteiger partial charge in [-0.1, -0.05) is 54.8 Å². The SMILES string of the molecule is CCCCC(Cc1ccc(Br)cc1)NCC. The Labute approximate surface area is 108 Å². The lowest BCUT2D eigenvalue weighted by molar-refractivity contribution is 0.473. The molecule has 0 aliphatic heterocycles. The molecule has 1 aromatic carbocycles. The summed E-state index contributed by atoms with van der Waals surface area (Å²) in [5.41, 5.74) is 1.42. The second-order valence-electron chi connectivity index (χ2n) is 4.23. The highest BCUT2D eigenvalue weighted by Gasteiger charge is 2.07. The van der Waals surface area contributed by atoms with Gasteiger partial charge in [-0.05, 0) is 37.1 Å². The van der Waals surface area contributed by atoms with Crippen LogP contribution in [-0.4, -0.2) is 12.6 Å². The molecular formula is C14H22BrN. The zero-order valence-electron chi connectivity index (χ0n) is 10.3. The first-order valence-electron chi connectivity index (χ1n) is 6.24. The first-order chi connectivity index (χ1) is 7.76. The van der Waals surface area contributed by atoms with Gasteiger partial charge in [0.15, 0.2) is 0 Å². The Morgan fingerprint density at radius 1 is 1.19 bits per heavy atom. The Morgan fingerprint density at radius 3 is 2.44 bits per heavy atom. The Kier molecular flexibility index (Phi) is 6.74. The van der Waals surface area contributed by atoms with Crippen molar-refractivity contribution in [3.05, 3.63) is 34.3 Å². The summed E-state index contributed by atoms with van der Waals surface area (Å²) in [6.07, 6.45) is 5.01. The number of benzene rings is 1. The molecule has 0 radical (unpaired) electrons. The van der Waals surface area contributed by atoms with E-state index in [-0.39, 0.29) is 0 Å². The average molecular weight is 284 g/mol. The fourth-order valence-electron chi connectivity index (χ4n) is 1.92. The zero-order valence-corrected chi connectivity index (χ0v) is 11.9. The Balaban J connectivity index is 2.49. The van der Waals surface area contributed by atoms with E-state index in [1.54, 1.807) is 0 Å². The van der Waals surface area contributed by atoms with Crippen LogP contribution in [0.1, 0.15) is 38.7 Å². The largest absolute Gasteiger partial charge is 0.314 e. The molecule has 90 valence electrons. The summed E-state index contributed by atoms with van der Waals surface area (Å²) in [6, 6.07) is 9.29. The van der Waals surface area contributed by atoms with E-state index in [4.69, 9.17) is 0 Å². The molecule has 0 saturated carbocycles. The monoisotopic (exact) mass is 283 g/mol. The normalized spacial score (nSPS) is 12.7. The van der Waals surface area contributed by atoms with Gasteiger partial charge in [0.05, 0.1) is 0 Å². The van der Waals surface area contributed by atoms with Crippen molar-refractivity contribution < 1.29 is 0 Å². The van der Waals surface area contributed by atoms with Gasteiger partial charge in [0, 0.05) is 10.5 Å². The van der Waals surface area contributed by atoms with E-state index < -0.39 is 0 Å². The highest BCUT2D eigenvalue weighted by atomic mass is 79.9. The van der Waals surface area contributed by atoms with Crippen molar-refractivity contribution >= 4 is 15.9 Å². The van der Waals surface area contributed by atoms with Crippen LogP contribution >= 0.6 is 15.9 Å². The Morgan fingerprint density at radius 2 is 1.88 bits per heavy atom. The maximum absolute atomic E-state index is 3.57. The van der Waals surface area contributed by atoms with Gasteiger partial charge < -0.3 is 5.32 Å². The highest BCUT2D eigenvalue weighted by molar-refractivity contribution is 9.10. The van der Waals surface area contributed by atoms with Crippen molar-refractivity contribution in [3.63, 3.8) is 0 Å². The van der Waals surface area contributed by atoms with E-state index in [2.05, 4.69) is 59.4 Å². The van der Waals surface area contributed by atoms with Crippen molar-refractivity contribution in [1.82, 2.24) is 5.32 Å². The number of unbranched alkanes of at least 4 members (excludes halogenated alkanes) is 1. The molecule has 1 rings (SSSR count). The maximum Gasteiger partial charge on any atom is 0.0175 e. The number of hydrogen-bond donors (Lipinski definition) is 1. The lowest BCUT2D eigenvalue weighted by atomic mass is 10.0. The van der Waals surface area contributed by atoms with Crippen molar-refractivity contribution in [1.29, 1.82) is 0 Å². The molecule has 16 heavy (non-hydrogen) atoms. The molecule has 0 heterocycles. The molecule has 1 nitrogen and oxygen atoms in total. The van der Waals surface area contributed by atoms with E-state index in [1.165, 1.54) is 24.8 Å². The van der Waals surface area contributed by atoms with Crippen LogP contribution in [-0.2, 0) is 6.42 Å². The quantitative estimate of drug-likeness (QED) is 0.792. The molecular weight excluding hydrogens is 262 g/mol. The summed E-state index contributed by atoms with van der Waals surface area (Å²) in [6.45, 7) is 5.49. The summed E-state index contributed by atoms with van der Waals surface area (Å²) < 4.78 is 1.16. The molecule has 0 aliphatic carbocycles. The van der Waals surface area contributed by atoms with Crippen LogP contribution in [0, 0.1) is 0 Å². The van der Waals surface area contributed by atoms with E-state index >= 15 is 0 Å². The number of nitrogens with one attached hydrogen (secondary N) is 1. The molecule has 0 aliphatic rings. The number of rotatable bonds is 7. The van der Waals surface area contributed by atoms with Gasteiger partial charge in [0.2, 0.25) is 0 Å². The van der Waals surface area contributed by atoms with Crippen molar-refractivity contribution in [2.24, 2.45) is 0 Å². The van der Waals surface area contributed by atoms with Crippen molar-refractivity contribution in [2.75, 3.05) is 6.54 Å². The molecule has 0 bridgehead atoms. The molecule has 2 heteroatoms. The van der Waals surface area contributed by atoms with Crippen LogP contribution in [0.5, 0.6) is 0 Å². The Bertz CT molecular complexity index is 281. The molecule has 0 fully saturated rings. The van der Waals surface area contributed by atoms with Gasteiger partial charge in [-0.15, -0.1) is 0 Å². The number of likely N-dealkylation sites (N-methyl/N-ethyl adjacent to an activating group) is 1. The van der Waals surface area contributed by atoms with E-state index in [9.17, 15) is 0 Å². The standard InChI is InChI=1S/C14H22BrN/c1-3-5-6-14(16-4-2)11-12-7-9-13(15)10-8-12/h7-10,14,16H,3-6,11H2,1-2H3. The Hall–Kier alpha value is -0.340. The van der Waals surface area contributed by atoms with Gasteiger partial charge in [0.25, 0.3) is 0 Å². The molecule has 1 aromatic rings. The van der Waals surface area contributed by atoms with Gasteiger partial charge >= 0.3 is 0 Å². The summed E-state index contributed by atoms with van der Waals surface area (Å²) >= 11 is 3.47. The second kappa shape index (κ2) is 7.86. The third kappa shape index (κ3) is 5.13. The summed E-state index contributed by atoms with van der Waals surface area (Å²) in [5.74, 6) is 0. The predicted molar refractivity (Wildman–Crippen MR) is 74.8 cm³/mol. The third-order valence-electron chi connectivity index (χ3n) is 2.79. The highest BCUT2D eigenvalue weighted by Crippen LogP contribution is 2.13. The number of halogens is 1. The van der Waals surface area contributed by atoms with Crippen LogP contribution in [0.4, 0.5) is 0 Å². The van der Waals surface area contributed by atoms with Gasteiger partial charge in [-0.3, -0.25) is 0 Å². The summed E-state index contributed by atoms with van der Waals surface area (Å²) in [5, 5.41) is 3.57. The number of hydrogen-bond acceptors (Lipinski definition) is 1. The molecule has 1 atom stereocenters. The summed E-state index contributed by atoms with van der Waals surface area (Å²) in [7, 11) is 0. The third-order valence-corrected chi connectivity index (χ3v) is 3.32. The van der Waals surface area contributed by atoms with Crippen molar-refractivity contribution in [2.45, 2.75) is 45.6 Å². The van der Waals surface area contributed by atoms with Gasteiger partial charge in [-0.25, -0.2) is 0 Å². The lowest BCUT2D eigenvalue weighted by Crippen LogP contribution is -2.30. The fraction of sp³-hybridized carbons (Fsp3) is 0.571. The van der Waals surface area contributed by atoms with Crippen molar-refractivity contribution in [3.8, 4) is 0 Å². The minimum atomic E-state index is 0.631. The average Bonchev–Trinajstić information content (AvgIpc) is 2.29. The molecule has 1 unspecified atom stereocenters. The van der Waals surface area contributed by atoms with E-state index in [1.807, 2.05) is 0 Å². The van der Waals surface area contributed by atoms with Crippen LogP contribution in [0.2, 0.25) is 0 Å². The van der Waals surface area contributed by atoms with Crippen LogP contribution in [0.3, 0.4) is 0 Å². The van der Waals surface area contributed by atoms with E-state index in [0.29, 0.717) is 6.04 Å². The van der Waals surface area contributed by atoms with Gasteiger partial charge in [0.1, 0.15) is 0 Å². The maximum atomic E-state index is 3.57. The van der Waals surface area contributed by atoms with E-state index in [0.717, 1.165) is 17.4 Å². The molecule has 1 N–H and O–H groups in total.